The van der Waals surface area contributed by atoms with Crippen LogP contribution in [0.2, 0.25) is 0 Å². The van der Waals surface area contributed by atoms with Gasteiger partial charge in [0.1, 0.15) is 0 Å². The fourth-order valence-corrected chi connectivity index (χ4v) is 2.23. The van der Waals surface area contributed by atoms with Gasteiger partial charge in [-0.1, -0.05) is 6.92 Å². The van der Waals surface area contributed by atoms with E-state index in [1.54, 1.807) is 23.2 Å². The van der Waals surface area contributed by atoms with Gasteiger partial charge in [-0.15, -0.1) is 0 Å². The normalized spacial score (nSPS) is 11.9. The minimum Gasteiger partial charge on any atom is -0.494 e. The van der Waals surface area contributed by atoms with Gasteiger partial charge in [0.2, 0.25) is 0 Å². The summed E-state index contributed by atoms with van der Waals surface area (Å²) in [5.74, 6) is 0.0873. The number of rotatable bonds is 4. The number of nitrogens with one attached hydrogen (secondary N) is 1. The standard InChI is InChI=1S/C15H19N3O2/c1-5-12(17-18(3)4)14-11-8-10(9(2)19)6-7-13(11)16-15(14)20/h6-8,16,20H,5H2,1-4H3. The number of fused-ring (bicyclic) bond motifs is 1. The monoisotopic (exact) mass is 273 g/mol. The molecule has 0 atom stereocenters. The summed E-state index contributed by atoms with van der Waals surface area (Å²) in [6, 6.07) is 5.35. The Morgan fingerprint density at radius 2 is 2.10 bits per heavy atom. The van der Waals surface area contributed by atoms with Crippen molar-refractivity contribution in [3.05, 3.63) is 29.3 Å². The first-order chi connectivity index (χ1) is 9.43. The summed E-state index contributed by atoms with van der Waals surface area (Å²) in [4.78, 5) is 14.4. The highest BCUT2D eigenvalue weighted by Gasteiger charge is 2.17. The quantitative estimate of drug-likeness (QED) is 0.511. The number of benzene rings is 1. The number of H-pyrrole nitrogens is 1. The van der Waals surface area contributed by atoms with Crippen molar-refractivity contribution in [3.8, 4) is 5.88 Å². The molecule has 0 bridgehead atoms. The molecule has 20 heavy (non-hydrogen) atoms. The Hall–Kier alpha value is -2.30. The Labute approximate surface area is 117 Å². The van der Waals surface area contributed by atoms with Crippen LogP contribution in [0.3, 0.4) is 0 Å². The van der Waals surface area contributed by atoms with Crippen LogP contribution >= 0.6 is 0 Å². The number of hydrogen-bond acceptors (Lipinski definition) is 4. The van der Waals surface area contributed by atoms with Crippen LogP contribution in [-0.4, -0.2) is 40.7 Å². The topological polar surface area (TPSA) is 68.7 Å². The first kappa shape index (κ1) is 14.1. The van der Waals surface area contributed by atoms with Gasteiger partial charge in [0.25, 0.3) is 0 Å². The lowest BCUT2D eigenvalue weighted by molar-refractivity contribution is 0.101. The average Bonchev–Trinajstić information content (AvgIpc) is 2.70. The van der Waals surface area contributed by atoms with Crippen molar-refractivity contribution < 1.29 is 9.90 Å². The Balaban J connectivity index is 2.70. The fourth-order valence-electron chi connectivity index (χ4n) is 2.23. The van der Waals surface area contributed by atoms with E-state index in [-0.39, 0.29) is 11.7 Å². The van der Waals surface area contributed by atoms with E-state index >= 15 is 0 Å². The average molecular weight is 273 g/mol. The van der Waals surface area contributed by atoms with E-state index < -0.39 is 0 Å². The van der Waals surface area contributed by atoms with Gasteiger partial charge >= 0.3 is 0 Å². The van der Waals surface area contributed by atoms with Crippen molar-refractivity contribution in [1.82, 2.24) is 9.99 Å². The summed E-state index contributed by atoms with van der Waals surface area (Å²) in [7, 11) is 3.67. The Morgan fingerprint density at radius 3 is 2.65 bits per heavy atom. The molecule has 5 nitrogen and oxygen atoms in total. The number of aromatic hydroxyl groups is 1. The van der Waals surface area contributed by atoms with Crippen molar-refractivity contribution in [2.24, 2.45) is 5.10 Å². The van der Waals surface area contributed by atoms with Crippen molar-refractivity contribution in [1.29, 1.82) is 0 Å². The predicted molar refractivity (Wildman–Crippen MR) is 80.5 cm³/mol. The van der Waals surface area contributed by atoms with Gasteiger partial charge in [-0.3, -0.25) is 4.79 Å². The number of carbonyl (C=O) groups excluding carboxylic acids is 1. The number of hydrazone groups is 1. The molecule has 5 heteroatoms. The van der Waals surface area contributed by atoms with Gasteiger partial charge in [-0.05, 0) is 31.5 Å². The number of aromatic nitrogens is 1. The van der Waals surface area contributed by atoms with Gasteiger partial charge in [0.15, 0.2) is 11.7 Å². The molecular formula is C15H19N3O2. The molecule has 0 amide bonds. The van der Waals surface area contributed by atoms with Crippen LogP contribution in [0.4, 0.5) is 0 Å². The smallest absolute Gasteiger partial charge is 0.198 e. The maximum absolute atomic E-state index is 11.5. The number of carbonyl (C=O) groups is 1. The zero-order valence-corrected chi connectivity index (χ0v) is 12.2. The van der Waals surface area contributed by atoms with E-state index in [1.807, 2.05) is 21.0 Å². The maximum Gasteiger partial charge on any atom is 0.198 e. The largest absolute Gasteiger partial charge is 0.494 e. The molecule has 0 radical (unpaired) electrons. The minimum absolute atomic E-state index is 0.00105. The van der Waals surface area contributed by atoms with Gasteiger partial charge in [-0.2, -0.15) is 5.10 Å². The molecule has 0 aliphatic heterocycles. The minimum atomic E-state index is 0.00105. The second kappa shape index (κ2) is 5.36. The summed E-state index contributed by atoms with van der Waals surface area (Å²) in [6.45, 7) is 3.51. The lowest BCUT2D eigenvalue weighted by Gasteiger charge is -2.09. The number of aromatic amines is 1. The first-order valence-corrected chi connectivity index (χ1v) is 6.54. The van der Waals surface area contributed by atoms with Crippen LogP contribution in [0.5, 0.6) is 5.88 Å². The zero-order valence-electron chi connectivity index (χ0n) is 12.2. The molecule has 106 valence electrons. The number of ketones is 1. The van der Waals surface area contributed by atoms with Gasteiger partial charge in [0.05, 0.1) is 11.3 Å². The second-order valence-corrected chi connectivity index (χ2v) is 4.91. The molecule has 2 N–H and O–H groups in total. The number of nitrogens with zero attached hydrogens (tertiary/aromatic N) is 2. The van der Waals surface area contributed by atoms with E-state index in [0.29, 0.717) is 17.5 Å². The predicted octanol–water partition coefficient (Wildman–Crippen LogP) is 2.75. The van der Waals surface area contributed by atoms with Crippen molar-refractivity contribution >= 4 is 22.4 Å². The zero-order chi connectivity index (χ0) is 14.9. The first-order valence-electron chi connectivity index (χ1n) is 6.54. The van der Waals surface area contributed by atoms with E-state index in [1.165, 1.54) is 6.92 Å². The third-order valence-electron chi connectivity index (χ3n) is 3.13. The van der Waals surface area contributed by atoms with Crippen LogP contribution < -0.4 is 0 Å². The molecule has 2 aromatic rings. The van der Waals surface area contributed by atoms with Crippen molar-refractivity contribution in [3.63, 3.8) is 0 Å². The molecule has 0 aliphatic carbocycles. The van der Waals surface area contributed by atoms with E-state index in [4.69, 9.17) is 0 Å². The number of Topliss-reactive ketones (excluding diaryl/α,β-unsaturated/α-hetero) is 1. The number of hydrogen-bond donors (Lipinski definition) is 2. The van der Waals surface area contributed by atoms with Crippen LogP contribution in [0.1, 0.15) is 36.2 Å². The summed E-state index contributed by atoms with van der Waals surface area (Å²) in [5, 5.41) is 17.1. The second-order valence-electron chi connectivity index (χ2n) is 4.91. The summed E-state index contributed by atoms with van der Waals surface area (Å²) in [6.07, 6.45) is 0.684. The van der Waals surface area contributed by atoms with Gasteiger partial charge in [-0.25, -0.2) is 0 Å². The SMILES string of the molecule is CCC(=NN(C)C)c1c(O)[nH]c2ccc(C(C)=O)cc12. The van der Waals surface area contributed by atoms with Crippen LogP contribution in [0.15, 0.2) is 23.3 Å². The molecule has 1 aromatic heterocycles. The molecular weight excluding hydrogens is 254 g/mol. The molecule has 0 saturated carbocycles. The molecule has 0 unspecified atom stereocenters. The Kier molecular flexibility index (Phi) is 3.79. The van der Waals surface area contributed by atoms with Gasteiger partial charge < -0.3 is 15.1 Å². The van der Waals surface area contributed by atoms with Crippen LogP contribution in [-0.2, 0) is 0 Å². The maximum atomic E-state index is 11.5. The van der Waals surface area contributed by atoms with Gasteiger partial charge in [0, 0.05) is 30.6 Å². The molecule has 2 rings (SSSR count). The summed E-state index contributed by atoms with van der Waals surface area (Å²) >= 11 is 0. The van der Waals surface area contributed by atoms with E-state index in [0.717, 1.165) is 16.6 Å². The third kappa shape index (κ3) is 2.52. The highest BCUT2D eigenvalue weighted by molar-refractivity contribution is 6.14. The fraction of sp³-hybridized carbons (Fsp3) is 0.333. The highest BCUT2D eigenvalue weighted by Crippen LogP contribution is 2.29. The van der Waals surface area contributed by atoms with Crippen molar-refractivity contribution in [2.45, 2.75) is 20.3 Å². The molecule has 0 aliphatic rings. The van der Waals surface area contributed by atoms with E-state index in [9.17, 15) is 9.90 Å². The Morgan fingerprint density at radius 1 is 1.40 bits per heavy atom. The molecule has 0 spiro atoms. The molecule has 1 aromatic carbocycles. The highest BCUT2D eigenvalue weighted by atomic mass is 16.3. The van der Waals surface area contributed by atoms with Crippen molar-refractivity contribution in [2.75, 3.05) is 14.1 Å². The van der Waals surface area contributed by atoms with Crippen LogP contribution in [0.25, 0.3) is 10.9 Å². The van der Waals surface area contributed by atoms with E-state index in [2.05, 4.69) is 10.1 Å². The lowest BCUT2D eigenvalue weighted by atomic mass is 10.0. The third-order valence-corrected chi connectivity index (χ3v) is 3.13. The lowest BCUT2D eigenvalue weighted by Crippen LogP contribution is -2.09. The molecule has 0 fully saturated rings. The Bertz CT molecular complexity index is 684. The molecule has 0 saturated heterocycles. The van der Waals surface area contributed by atoms with Crippen LogP contribution in [0, 0.1) is 0 Å². The summed E-state index contributed by atoms with van der Waals surface area (Å²) in [5.41, 5.74) is 2.86. The summed E-state index contributed by atoms with van der Waals surface area (Å²) < 4.78 is 0. The molecule has 1 heterocycles.